The summed E-state index contributed by atoms with van der Waals surface area (Å²) < 4.78 is 0. The van der Waals surface area contributed by atoms with E-state index < -0.39 is 0 Å². The largest absolute Gasteiger partial charge is 0.382 e. The molecule has 1 aromatic carbocycles. The zero-order chi connectivity index (χ0) is 15.4. The Bertz CT molecular complexity index is 597. The Labute approximate surface area is 133 Å². The number of anilines is 1. The van der Waals surface area contributed by atoms with Gasteiger partial charge in [0.05, 0.1) is 0 Å². The van der Waals surface area contributed by atoms with Crippen molar-refractivity contribution in [3.63, 3.8) is 0 Å². The number of aryl methyl sites for hydroxylation is 1. The average molecular weight is 295 g/mol. The van der Waals surface area contributed by atoms with Crippen LogP contribution in [0.1, 0.15) is 31.0 Å². The Hall–Kier alpha value is -1.87. The predicted octanol–water partition coefficient (Wildman–Crippen LogP) is 3.86. The van der Waals surface area contributed by atoms with Gasteiger partial charge in [-0.15, -0.1) is 0 Å². The summed E-state index contributed by atoms with van der Waals surface area (Å²) >= 11 is 0. The lowest BCUT2D eigenvalue weighted by molar-refractivity contribution is 0.144. The molecular weight excluding hydrogens is 270 g/mol. The predicted molar refractivity (Wildman–Crippen MR) is 91.9 cm³/mol. The van der Waals surface area contributed by atoms with Crippen LogP contribution in [0.15, 0.2) is 48.7 Å². The Morgan fingerprint density at radius 3 is 2.77 bits per heavy atom. The van der Waals surface area contributed by atoms with E-state index in [2.05, 4.69) is 64.6 Å². The lowest BCUT2D eigenvalue weighted by Crippen LogP contribution is -2.44. The van der Waals surface area contributed by atoms with Gasteiger partial charge in [-0.2, -0.15) is 0 Å². The van der Waals surface area contributed by atoms with Crippen LogP contribution in [0.5, 0.6) is 0 Å². The molecule has 2 aromatic rings. The fourth-order valence-electron chi connectivity index (χ4n) is 3.28. The van der Waals surface area contributed by atoms with E-state index in [0.29, 0.717) is 12.1 Å². The third-order valence-corrected chi connectivity index (χ3v) is 4.51. The molecule has 3 heteroatoms. The highest BCUT2D eigenvalue weighted by molar-refractivity contribution is 5.44. The number of hydrogen-bond acceptors (Lipinski definition) is 3. The molecule has 1 aliphatic heterocycles. The lowest BCUT2D eigenvalue weighted by atomic mass is 9.97. The zero-order valence-electron chi connectivity index (χ0n) is 13.5. The fourth-order valence-corrected chi connectivity index (χ4v) is 3.28. The zero-order valence-corrected chi connectivity index (χ0v) is 13.5. The van der Waals surface area contributed by atoms with Crippen molar-refractivity contribution in [2.75, 3.05) is 11.9 Å². The van der Waals surface area contributed by atoms with Crippen molar-refractivity contribution in [1.29, 1.82) is 0 Å². The molecule has 0 radical (unpaired) electrons. The fraction of sp³-hybridized carbons (Fsp3) is 0.421. The van der Waals surface area contributed by atoms with Crippen LogP contribution >= 0.6 is 0 Å². The summed E-state index contributed by atoms with van der Waals surface area (Å²) in [6.07, 6.45) is 4.26. The van der Waals surface area contributed by atoms with E-state index in [1.165, 1.54) is 24.1 Å². The van der Waals surface area contributed by atoms with Crippen LogP contribution in [-0.2, 0) is 6.54 Å². The van der Waals surface area contributed by atoms with E-state index in [0.717, 1.165) is 18.8 Å². The highest BCUT2D eigenvalue weighted by atomic mass is 15.2. The van der Waals surface area contributed by atoms with Gasteiger partial charge in [0.1, 0.15) is 0 Å². The van der Waals surface area contributed by atoms with E-state index in [-0.39, 0.29) is 0 Å². The molecule has 0 amide bonds. The van der Waals surface area contributed by atoms with Crippen molar-refractivity contribution in [2.45, 2.75) is 45.3 Å². The van der Waals surface area contributed by atoms with E-state index in [9.17, 15) is 0 Å². The SMILES string of the molecule is Cc1cc(NC2CCN(Cc3ccccc3)C(C)C2)ccn1. The molecule has 116 valence electrons. The maximum Gasteiger partial charge on any atom is 0.0393 e. The normalized spacial score (nSPS) is 22.5. The van der Waals surface area contributed by atoms with Crippen LogP contribution in [0.4, 0.5) is 5.69 Å². The van der Waals surface area contributed by atoms with Crippen molar-refractivity contribution in [2.24, 2.45) is 0 Å². The maximum atomic E-state index is 4.26. The summed E-state index contributed by atoms with van der Waals surface area (Å²) in [5.74, 6) is 0. The van der Waals surface area contributed by atoms with Gasteiger partial charge in [-0.25, -0.2) is 0 Å². The number of piperidine rings is 1. The van der Waals surface area contributed by atoms with Crippen LogP contribution < -0.4 is 5.32 Å². The highest BCUT2D eigenvalue weighted by Crippen LogP contribution is 2.22. The molecule has 1 N–H and O–H groups in total. The third kappa shape index (κ3) is 3.86. The molecule has 2 atom stereocenters. The number of hydrogen-bond donors (Lipinski definition) is 1. The Balaban J connectivity index is 1.56. The molecule has 0 saturated carbocycles. The smallest absolute Gasteiger partial charge is 0.0393 e. The summed E-state index contributed by atoms with van der Waals surface area (Å²) in [5, 5.41) is 3.67. The van der Waals surface area contributed by atoms with Crippen molar-refractivity contribution in [3.05, 3.63) is 59.9 Å². The van der Waals surface area contributed by atoms with Gasteiger partial charge < -0.3 is 5.32 Å². The molecule has 0 bridgehead atoms. The molecular formula is C19H25N3. The minimum absolute atomic E-state index is 0.559. The quantitative estimate of drug-likeness (QED) is 0.928. The molecule has 2 unspecified atom stereocenters. The van der Waals surface area contributed by atoms with Gasteiger partial charge in [0, 0.05) is 42.8 Å². The minimum Gasteiger partial charge on any atom is -0.382 e. The number of benzene rings is 1. The topological polar surface area (TPSA) is 28.2 Å². The molecule has 22 heavy (non-hydrogen) atoms. The molecule has 3 nitrogen and oxygen atoms in total. The average Bonchev–Trinajstić information content (AvgIpc) is 2.51. The van der Waals surface area contributed by atoms with Gasteiger partial charge in [0.25, 0.3) is 0 Å². The molecule has 0 spiro atoms. The number of pyridine rings is 1. The van der Waals surface area contributed by atoms with Crippen LogP contribution in [-0.4, -0.2) is 28.5 Å². The maximum absolute atomic E-state index is 4.26. The van der Waals surface area contributed by atoms with Crippen LogP contribution in [0.25, 0.3) is 0 Å². The summed E-state index contributed by atoms with van der Waals surface area (Å²) in [6.45, 7) is 6.59. The van der Waals surface area contributed by atoms with E-state index >= 15 is 0 Å². The third-order valence-electron chi connectivity index (χ3n) is 4.51. The lowest BCUT2D eigenvalue weighted by Gasteiger charge is -2.38. The first-order valence-corrected chi connectivity index (χ1v) is 8.18. The minimum atomic E-state index is 0.559. The second-order valence-corrected chi connectivity index (χ2v) is 6.36. The molecule has 3 rings (SSSR count). The molecule has 2 heterocycles. The summed E-state index contributed by atoms with van der Waals surface area (Å²) in [7, 11) is 0. The summed E-state index contributed by atoms with van der Waals surface area (Å²) in [4.78, 5) is 6.85. The Morgan fingerprint density at radius 2 is 2.05 bits per heavy atom. The van der Waals surface area contributed by atoms with Crippen molar-refractivity contribution in [3.8, 4) is 0 Å². The first kappa shape index (κ1) is 15.0. The first-order valence-electron chi connectivity index (χ1n) is 8.18. The van der Waals surface area contributed by atoms with Crippen LogP contribution in [0.2, 0.25) is 0 Å². The van der Waals surface area contributed by atoms with E-state index in [1.807, 2.05) is 13.1 Å². The number of nitrogens with zero attached hydrogens (tertiary/aromatic N) is 2. The summed E-state index contributed by atoms with van der Waals surface area (Å²) in [6, 6.07) is 16.1. The number of rotatable bonds is 4. The number of aromatic nitrogens is 1. The van der Waals surface area contributed by atoms with E-state index in [1.54, 1.807) is 0 Å². The van der Waals surface area contributed by atoms with Gasteiger partial charge in [-0.05, 0) is 44.4 Å². The van der Waals surface area contributed by atoms with Gasteiger partial charge in [-0.3, -0.25) is 9.88 Å². The first-order chi connectivity index (χ1) is 10.7. The standard InChI is InChI=1S/C19H25N3/c1-15-12-18(8-10-20-15)21-19-9-11-22(16(2)13-19)14-17-6-4-3-5-7-17/h3-8,10,12,16,19H,9,11,13-14H2,1-2H3,(H,20,21). The van der Waals surface area contributed by atoms with E-state index in [4.69, 9.17) is 0 Å². The molecule has 1 fully saturated rings. The second-order valence-electron chi connectivity index (χ2n) is 6.36. The molecule has 0 aliphatic carbocycles. The van der Waals surface area contributed by atoms with Crippen LogP contribution in [0.3, 0.4) is 0 Å². The van der Waals surface area contributed by atoms with Crippen LogP contribution in [0, 0.1) is 6.92 Å². The van der Waals surface area contributed by atoms with Crippen molar-refractivity contribution >= 4 is 5.69 Å². The van der Waals surface area contributed by atoms with Crippen molar-refractivity contribution in [1.82, 2.24) is 9.88 Å². The molecule has 1 saturated heterocycles. The van der Waals surface area contributed by atoms with Gasteiger partial charge in [0.2, 0.25) is 0 Å². The Morgan fingerprint density at radius 1 is 1.23 bits per heavy atom. The molecule has 1 aromatic heterocycles. The van der Waals surface area contributed by atoms with Gasteiger partial charge in [0.15, 0.2) is 0 Å². The highest BCUT2D eigenvalue weighted by Gasteiger charge is 2.25. The Kier molecular flexibility index (Phi) is 4.74. The van der Waals surface area contributed by atoms with Gasteiger partial charge >= 0.3 is 0 Å². The monoisotopic (exact) mass is 295 g/mol. The number of likely N-dealkylation sites (tertiary alicyclic amines) is 1. The number of nitrogens with one attached hydrogen (secondary N) is 1. The van der Waals surface area contributed by atoms with Gasteiger partial charge in [-0.1, -0.05) is 30.3 Å². The second kappa shape index (κ2) is 6.93. The van der Waals surface area contributed by atoms with Crippen molar-refractivity contribution < 1.29 is 0 Å². The summed E-state index contributed by atoms with van der Waals surface area (Å²) in [5.41, 5.74) is 3.67. The molecule has 1 aliphatic rings.